The Bertz CT molecular complexity index is 500. The first kappa shape index (κ1) is 15.2. The smallest absolute Gasteiger partial charge is 0.139 e. The molecular formula is C18H26O2. The Kier molecular flexibility index (Phi) is 4.06. The molecule has 1 aliphatic heterocycles. The molecular weight excluding hydrogens is 248 g/mol. The summed E-state index contributed by atoms with van der Waals surface area (Å²) >= 11 is 0. The minimum atomic E-state index is -0.340. The van der Waals surface area contributed by atoms with E-state index >= 15 is 0 Å². The molecule has 0 N–H and O–H groups in total. The van der Waals surface area contributed by atoms with Crippen LogP contribution in [-0.2, 0) is 16.0 Å². The maximum absolute atomic E-state index is 12.5. The van der Waals surface area contributed by atoms with Crippen molar-refractivity contribution >= 4 is 5.78 Å². The summed E-state index contributed by atoms with van der Waals surface area (Å²) in [5.74, 6) is 0.351. The fraction of sp³-hybridized carbons (Fsp3) is 0.611. The van der Waals surface area contributed by atoms with Gasteiger partial charge in [-0.25, -0.2) is 0 Å². The van der Waals surface area contributed by atoms with Gasteiger partial charge in [0.15, 0.2) is 0 Å². The van der Waals surface area contributed by atoms with E-state index in [1.807, 2.05) is 13.8 Å². The molecule has 0 bridgehead atoms. The third kappa shape index (κ3) is 3.49. The van der Waals surface area contributed by atoms with Crippen molar-refractivity contribution < 1.29 is 9.53 Å². The Balaban J connectivity index is 1.99. The first-order valence-electron chi connectivity index (χ1n) is 7.48. The van der Waals surface area contributed by atoms with Gasteiger partial charge in [-0.1, -0.05) is 29.8 Å². The van der Waals surface area contributed by atoms with Crippen molar-refractivity contribution in [3.63, 3.8) is 0 Å². The fourth-order valence-electron chi connectivity index (χ4n) is 3.37. The number of ketones is 1. The number of rotatable bonds is 4. The molecule has 1 unspecified atom stereocenters. The van der Waals surface area contributed by atoms with Crippen molar-refractivity contribution in [2.24, 2.45) is 5.92 Å². The van der Waals surface area contributed by atoms with Gasteiger partial charge < -0.3 is 4.74 Å². The number of aryl methyl sites for hydroxylation is 2. The summed E-state index contributed by atoms with van der Waals surface area (Å²) in [7, 11) is 0. The van der Waals surface area contributed by atoms with E-state index < -0.39 is 0 Å². The summed E-state index contributed by atoms with van der Waals surface area (Å²) in [5, 5.41) is 0. The second-order valence-corrected chi connectivity index (χ2v) is 7.18. The highest BCUT2D eigenvalue weighted by Gasteiger charge is 2.48. The van der Waals surface area contributed by atoms with Gasteiger partial charge in [0.25, 0.3) is 0 Å². The summed E-state index contributed by atoms with van der Waals surface area (Å²) in [4.78, 5) is 12.5. The maximum Gasteiger partial charge on any atom is 0.139 e. The minimum absolute atomic E-state index is 0.0160. The first-order valence-corrected chi connectivity index (χ1v) is 7.48. The Morgan fingerprint density at radius 3 is 2.55 bits per heavy atom. The van der Waals surface area contributed by atoms with Crippen molar-refractivity contribution in [1.82, 2.24) is 0 Å². The van der Waals surface area contributed by atoms with Crippen LogP contribution in [-0.4, -0.2) is 17.0 Å². The number of carbonyl (C=O) groups is 1. The molecule has 0 saturated carbocycles. The number of hydrogen-bond donors (Lipinski definition) is 0. The molecule has 0 radical (unpaired) electrons. The van der Waals surface area contributed by atoms with Gasteiger partial charge >= 0.3 is 0 Å². The molecule has 0 aromatic heterocycles. The highest BCUT2D eigenvalue weighted by molar-refractivity contribution is 5.82. The first-order chi connectivity index (χ1) is 9.20. The van der Waals surface area contributed by atoms with Gasteiger partial charge in [0.2, 0.25) is 0 Å². The zero-order valence-corrected chi connectivity index (χ0v) is 13.3. The Labute approximate surface area is 122 Å². The molecule has 2 rings (SSSR count). The van der Waals surface area contributed by atoms with Crippen molar-refractivity contribution in [3.8, 4) is 0 Å². The molecule has 20 heavy (non-hydrogen) atoms. The van der Waals surface area contributed by atoms with Crippen LogP contribution in [0.3, 0.4) is 0 Å². The minimum Gasteiger partial charge on any atom is -0.369 e. The second-order valence-electron chi connectivity index (χ2n) is 7.18. The van der Waals surface area contributed by atoms with E-state index in [1.165, 1.54) is 11.1 Å². The molecule has 0 aliphatic carbocycles. The van der Waals surface area contributed by atoms with E-state index in [9.17, 15) is 4.79 Å². The largest absolute Gasteiger partial charge is 0.369 e. The van der Waals surface area contributed by atoms with Gasteiger partial charge in [0, 0.05) is 12.3 Å². The predicted octanol–water partition coefficient (Wildman–Crippen LogP) is 4.09. The number of ether oxygens (including phenoxy) is 1. The number of carbonyl (C=O) groups excluding carboxylic acids is 1. The van der Waals surface area contributed by atoms with Gasteiger partial charge in [-0.15, -0.1) is 0 Å². The van der Waals surface area contributed by atoms with Gasteiger partial charge in [0.1, 0.15) is 5.78 Å². The summed E-state index contributed by atoms with van der Waals surface area (Å²) in [6, 6.07) is 8.40. The van der Waals surface area contributed by atoms with Gasteiger partial charge in [0.05, 0.1) is 11.2 Å². The SMILES string of the molecule is Cc1cccc(CCC(=O)C2CC(C)(C)OC2(C)C)c1. The van der Waals surface area contributed by atoms with Crippen LogP contribution in [0.25, 0.3) is 0 Å². The van der Waals surface area contributed by atoms with E-state index in [0.717, 1.165) is 12.8 Å². The van der Waals surface area contributed by atoms with Crippen LogP contribution < -0.4 is 0 Å². The molecule has 0 spiro atoms. The normalized spacial score (nSPS) is 23.8. The molecule has 1 aliphatic rings. The number of Topliss-reactive ketones (excluding diaryl/α,β-unsaturated/α-hetero) is 1. The monoisotopic (exact) mass is 274 g/mol. The lowest BCUT2D eigenvalue weighted by Gasteiger charge is -2.26. The Morgan fingerprint density at radius 2 is 2.00 bits per heavy atom. The number of hydrogen-bond acceptors (Lipinski definition) is 2. The third-order valence-corrected chi connectivity index (χ3v) is 4.21. The Hall–Kier alpha value is -1.15. The van der Waals surface area contributed by atoms with Gasteiger partial charge in [-0.05, 0) is 53.0 Å². The van der Waals surface area contributed by atoms with E-state index in [0.29, 0.717) is 12.2 Å². The molecule has 110 valence electrons. The average Bonchev–Trinajstić information content (AvgIpc) is 2.54. The van der Waals surface area contributed by atoms with Crippen LogP contribution in [0.15, 0.2) is 24.3 Å². The van der Waals surface area contributed by atoms with Crippen molar-refractivity contribution in [1.29, 1.82) is 0 Å². The highest BCUT2D eigenvalue weighted by atomic mass is 16.5. The molecule has 1 saturated heterocycles. The fourth-order valence-corrected chi connectivity index (χ4v) is 3.37. The third-order valence-electron chi connectivity index (χ3n) is 4.21. The van der Waals surface area contributed by atoms with Crippen LogP contribution in [0.4, 0.5) is 0 Å². The molecule has 0 amide bonds. The zero-order valence-electron chi connectivity index (χ0n) is 13.3. The van der Waals surface area contributed by atoms with Gasteiger partial charge in [-0.2, -0.15) is 0 Å². The molecule has 2 heteroatoms. The van der Waals surface area contributed by atoms with Crippen LogP contribution in [0.1, 0.15) is 51.7 Å². The summed E-state index contributed by atoms with van der Waals surface area (Å²) in [5.41, 5.74) is 1.97. The van der Waals surface area contributed by atoms with Crippen molar-refractivity contribution in [2.75, 3.05) is 0 Å². The molecule has 1 fully saturated rings. The number of benzene rings is 1. The van der Waals surface area contributed by atoms with E-state index in [-0.39, 0.29) is 17.1 Å². The Morgan fingerprint density at radius 1 is 1.30 bits per heavy atom. The maximum atomic E-state index is 12.5. The van der Waals surface area contributed by atoms with Crippen molar-refractivity contribution in [3.05, 3.63) is 35.4 Å². The topological polar surface area (TPSA) is 26.3 Å². The van der Waals surface area contributed by atoms with Crippen LogP contribution in [0, 0.1) is 12.8 Å². The molecule has 1 heterocycles. The van der Waals surface area contributed by atoms with Gasteiger partial charge in [-0.3, -0.25) is 4.79 Å². The van der Waals surface area contributed by atoms with Crippen LogP contribution in [0.5, 0.6) is 0 Å². The molecule has 1 aromatic carbocycles. The molecule has 2 nitrogen and oxygen atoms in total. The highest BCUT2D eigenvalue weighted by Crippen LogP contribution is 2.42. The lowest BCUT2D eigenvalue weighted by Crippen LogP contribution is -2.33. The lowest BCUT2D eigenvalue weighted by molar-refractivity contribution is -0.129. The standard InChI is InChI=1S/C18H26O2/c1-13-7-6-8-14(11-13)9-10-16(19)15-12-17(2,3)20-18(15,4)5/h6-8,11,15H,9-10,12H2,1-5H3. The zero-order chi connectivity index (χ0) is 15.0. The van der Waals surface area contributed by atoms with Crippen LogP contribution >= 0.6 is 0 Å². The predicted molar refractivity (Wildman–Crippen MR) is 81.9 cm³/mol. The summed E-state index contributed by atoms with van der Waals surface area (Å²) < 4.78 is 6.02. The van der Waals surface area contributed by atoms with Crippen LogP contribution in [0.2, 0.25) is 0 Å². The summed E-state index contributed by atoms with van der Waals surface area (Å²) in [6.07, 6.45) is 2.26. The molecule has 1 atom stereocenters. The quantitative estimate of drug-likeness (QED) is 0.826. The van der Waals surface area contributed by atoms with E-state index in [1.54, 1.807) is 0 Å². The summed E-state index contributed by atoms with van der Waals surface area (Å²) in [6.45, 7) is 10.3. The van der Waals surface area contributed by atoms with E-state index in [2.05, 4.69) is 45.0 Å². The molecule has 1 aromatic rings. The lowest BCUT2D eigenvalue weighted by atomic mass is 9.82. The second kappa shape index (κ2) is 5.33. The van der Waals surface area contributed by atoms with Crippen molar-refractivity contribution in [2.45, 2.75) is 65.1 Å². The average molecular weight is 274 g/mol. The van der Waals surface area contributed by atoms with E-state index in [4.69, 9.17) is 4.74 Å².